The maximum Gasteiger partial charge on any atom is 0.271 e. The number of aromatic nitrogens is 2. The van der Waals surface area contributed by atoms with Gasteiger partial charge in [0.1, 0.15) is 17.9 Å². The van der Waals surface area contributed by atoms with E-state index in [0.29, 0.717) is 5.82 Å². The van der Waals surface area contributed by atoms with Crippen LogP contribution in [-0.4, -0.2) is 20.0 Å². The number of nitrogens with one attached hydrogen (secondary N) is 1. The van der Waals surface area contributed by atoms with E-state index in [1.807, 2.05) is 24.3 Å². The first-order valence-electron chi connectivity index (χ1n) is 6.09. The molecule has 0 fully saturated rings. The fourth-order valence-electron chi connectivity index (χ4n) is 1.97. The Morgan fingerprint density at radius 3 is 2.68 bits per heavy atom. The van der Waals surface area contributed by atoms with Crippen LogP contribution in [0.3, 0.4) is 0 Å². The minimum atomic E-state index is -0.525. The van der Waals surface area contributed by atoms with Crippen molar-refractivity contribution in [3.8, 4) is 5.75 Å². The van der Waals surface area contributed by atoms with Gasteiger partial charge >= 0.3 is 0 Å². The van der Waals surface area contributed by atoms with Crippen molar-refractivity contribution in [2.45, 2.75) is 0 Å². The Morgan fingerprint density at radius 2 is 1.91 bits per heavy atom. The van der Waals surface area contributed by atoms with E-state index in [0.717, 1.165) is 10.9 Å². The number of rotatable bonds is 3. The Labute approximate surface area is 131 Å². The van der Waals surface area contributed by atoms with Gasteiger partial charge in [-0.15, -0.1) is 12.4 Å². The molecule has 2 N–H and O–H groups in total. The molecule has 0 amide bonds. The minimum Gasteiger partial charge on any atom is -0.506 e. The number of nitro groups is 1. The van der Waals surface area contributed by atoms with Gasteiger partial charge < -0.3 is 10.4 Å². The molecule has 112 valence electrons. The predicted octanol–water partition coefficient (Wildman–Crippen LogP) is 3.41. The zero-order valence-electron chi connectivity index (χ0n) is 11.1. The monoisotopic (exact) mass is 318 g/mol. The fraction of sp³-hybridized carbons (Fsp3) is 0. The van der Waals surface area contributed by atoms with E-state index in [1.165, 1.54) is 24.5 Å². The lowest BCUT2D eigenvalue weighted by atomic mass is 10.2. The zero-order chi connectivity index (χ0) is 14.8. The first kappa shape index (κ1) is 15.5. The number of hydrogen-bond acceptors (Lipinski definition) is 6. The molecule has 0 aliphatic rings. The van der Waals surface area contributed by atoms with E-state index >= 15 is 0 Å². The van der Waals surface area contributed by atoms with Crippen LogP contribution in [0.5, 0.6) is 5.75 Å². The molecule has 1 aromatic heterocycles. The number of halogens is 1. The van der Waals surface area contributed by atoms with E-state index in [4.69, 9.17) is 0 Å². The zero-order valence-corrected chi connectivity index (χ0v) is 11.9. The van der Waals surface area contributed by atoms with E-state index < -0.39 is 4.92 Å². The van der Waals surface area contributed by atoms with Gasteiger partial charge in [0.15, 0.2) is 0 Å². The average Bonchev–Trinajstić information content (AvgIpc) is 2.49. The van der Waals surface area contributed by atoms with Gasteiger partial charge in [-0.3, -0.25) is 10.1 Å². The Kier molecular flexibility index (Phi) is 4.38. The molecule has 22 heavy (non-hydrogen) atoms. The van der Waals surface area contributed by atoms with Crippen LogP contribution in [-0.2, 0) is 0 Å². The Bertz CT molecular complexity index is 836. The van der Waals surface area contributed by atoms with Crippen molar-refractivity contribution < 1.29 is 10.0 Å². The van der Waals surface area contributed by atoms with Crippen molar-refractivity contribution in [3.05, 3.63) is 58.9 Å². The van der Waals surface area contributed by atoms with Crippen LogP contribution in [0, 0.1) is 10.1 Å². The van der Waals surface area contributed by atoms with E-state index in [2.05, 4.69) is 15.3 Å². The van der Waals surface area contributed by atoms with Gasteiger partial charge in [-0.2, -0.15) is 0 Å². The van der Waals surface area contributed by atoms with Crippen molar-refractivity contribution in [2.75, 3.05) is 5.32 Å². The van der Waals surface area contributed by atoms with E-state index in [-0.39, 0.29) is 29.5 Å². The number of nitro benzene ring substituents is 1. The highest BCUT2D eigenvalue weighted by Crippen LogP contribution is 2.31. The minimum absolute atomic E-state index is 0. The lowest BCUT2D eigenvalue weighted by Gasteiger charge is -2.09. The molecule has 0 aliphatic carbocycles. The molecule has 0 unspecified atom stereocenters. The van der Waals surface area contributed by atoms with Crippen LogP contribution in [0.4, 0.5) is 17.2 Å². The largest absolute Gasteiger partial charge is 0.506 e. The molecule has 0 bridgehead atoms. The van der Waals surface area contributed by atoms with Crippen LogP contribution in [0.2, 0.25) is 0 Å². The molecule has 0 aliphatic heterocycles. The molecule has 1 heterocycles. The van der Waals surface area contributed by atoms with Crippen molar-refractivity contribution in [1.82, 2.24) is 9.97 Å². The average molecular weight is 319 g/mol. The molecule has 8 heteroatoms. The maximum atomic E-state index is 10.8. The number of hydrogen-bond donors (Lipinski definition) is 2. The maximum absolute atomic E-state index is 10.8. The molecule has 7 nitrogen and oxygen atoms in total. The highest BCUT2D eigenvalue weighted by molar-refractivity contribution is 5.91. The Hall–Kier alpha value is -2.93. The SMILES string of the molecule is Cl.O=[N+]([O-])c1ccc(O)c(Nc2ncnc3ccccc23)c1. The summed E-state index contributed by atoms with van der Waals surface area (Å²) < 4.78 is 0. The van der Waals surface area contributed by atoms with Gasteiger partial charge in [0, 0.05) is 17.5 Å². The predicted molar refractivity (Wildman–Crippen MR) is 84.8 cm³/mol. The Morgan fingerprint density at radius 1 is 1.14 bits per heavy atom. The summed E-state index contributed by atoms with van der Waals surface area (Å²) >= 11 is 0. The van der Waals surface area contributed by atoms with Crippen LogP contribution >= 0.6 is 12.4 Å². The number of nitrogens with zero attached hydrogens (tertiary/aromatic N) is 3. The standard InChI is InChI=1S/C14H10N4O3.ClH/c19-13-6-5-9(18(20)21)7-12(13)17-14-10-3-1-2-4-11(10)15-8-16-14;/h1-8,19H,(H,15,16,17);1H. The molecule has 2 aromatic carbocycles. The quantitative estimate of drug-likeness (QED) is 0.436. The first-order valence-corrected chi connectivity index (χ1v) is 6.09. The number of phenols is 1. The van der Waals surface area contributed by atoms with E-state index in [1.54, 1.807) is 0 Å². The smallest absolute Gasteiger partial charge is 0.271 e. The molecule has 3 aromatic rings. The third-order valence-electron chi connectivity index (χ3n) is 2.99. The number of para-hydroxylation sites is 1. The number of fused-ring (bicyclic) bond motifs is 1. The summed E-state index contributed by atoms with van der Waals surface area (Å²) in [4.78, 5) is 18.5. The van der Waals surface area contributed by atoms with Gasteiger partial charge in [-0.1, -0.05) is 12.1 Å². The number of phenolic OH excluding ortho intramolecular Hbond substituents is 1. The molecular formula is C14H11ClN4O3. The van der Waals surface area contributed by atoms with Gasteiger partial charge in [-0.05, 0) is 18.2 Å². The normalized spacial score (nSPS) is 10.0. The summed E-state index contributed by atoms with van der Waals surface area (Å²) in [7, 11) is 0. The van der Waals surface area contributed by atoms with Gasteiger partial charge in [0.2, 0.25) is 0 Å². The van der Waals surface area contributed by atoms with Gasteiger partial charge in [0.25, 0.3) is 5.69 Å². The van der Waals surface area contributed by atoms with Crippen molar-refractivity contribution in [1.29, 1.82) is 0 Å². The van der Waals surface area contributed by atoms with Crippen LogP contribution in [0.25, 0.3) is 10.9 Å². The first-order chi connectivity index (χ1) is 10.1. The van der Waals surface area contributed by atoms with Crippen molar-refractivity contribution >= 4 is 40.5 Å². The van der Waals surface area contributed by atoms with Gasteiger partial charge in [0.05, 0.1) is 16.1 Å². The number of benzene rings is 2. The summed E-state index contributed by atoms with van der Waals surface area (Å²) in [6.07, 6.45) is 1.39. The second-order valence-electron chi connectivity index (χ2n) is 4.32. The van der Waals surface area contributed by atoms with Crippen LogP contribution in [0.1, 0.15) is 0 Å². The molecule has 0 spiro atoms. The second kappa shape index (κ2) is 6.23. The summed E-state index contributed by atoms with van der Waals surface area (Å²) in [6.45, 7) is 0. The van der Waals surface area contributed by atoms with Crippen molar-refractivity contribution in [2.24, 2.45) is 0 Å². The highest BCUT2D eigenvalue weighted by Gasteiger charge is 2.12. The molecule has 3 rings (SSSR count). The van der Waals surface area contributed by atoms with E-state index in [9.17, 15) is 15.2 Å². The second-order valence-corrected chi connectivity index (χ2v) is 4.32. The van der Waals surface area contributed by atoms with Crippen molar-refractivity contribution in [3.63, 3.8) is 0 Å². The molecule has 0 saturated carbocycles. The lowest BCUT2D eigenvalue weighted by molar-refractivity contribution is -0.384. The Balaban J connectivity index is 0.00000176. The number of aromatic hydroxyl groups is 1. The third-order valence-corrected chi connectivity index (χ3v) is 2.99. The summed E-state index contributed by atoms with van der Waals surface area (Å²) in [5, 5.41) is 24.3. The summed E-state index contributed by atoms with van der Waals surface area (Å²) in [6, 6.07) is 11.1. The third kappa shape index (κ3) is 2.89. The molecule has 0 atom stereocenters. The molecule has 0 saturated heterocycles. The van der Waals surface area contributed by atoms with Gasteiger partial charge in [-0.25, -0.2) is 9.97 Å². The molecular weight excluding hydrogens is 308 g/mol. The van der Waals surface area contributed by atoms with Crippen LogP contribution < -0.4 is 5.32 Å². The lowest BCUT2D eigenvalue weighted by Crippen LogP contribution is -1.97. The summed E-state index contributed by atoms with van der Waals surface area (Å²) in [5.74, 6) is 0.375. The highest BCUT2D eigenvalue weighted by atomic mass is 35.5. The topological polar surface area (TPSA) is 101 Å². The number of anilines is 2. The number of non-ortho nitro benzene ring substituents is 1. The van der Waals surface area contributed by atoms with Crippen LogP contribution in [0.15, 0.2) is 48.8 Å². The fourth-order valence-corrected chi connectivity index (χ4v) is 1.97. The molecule has 0 radical (unpaired) electrons. The summed E-state index contributed by atoms with van der Waals surface area (Å²) in [5.41, 5.74) is 0.835.